The van der Waals surface area contributed by atoms with Gasteiger partial charge >= 0.3 is 0 Å². The first-order valence-corrected chi connectivity index (χ1v) is 12.4. The number of hydrogen-bond acceptors (Lipinski definition) is 10. The van der Waals surface area contributed by atoms with Crippen LogP contribution in [-0.4, -0.2) is 113 Å². The second-order valence-electron chi connectivity index (χ2n) is 10.3. The molecule has 0 saturated heterocycles. The molecule has 206 valence electrons. The Morgan fingerprint density at radius 3 is 1.29 bits per heavy atom. The summed E-state index contributed by atoms with van der Waals surface area (Å²) in [6.45, 7) is 7.54. The second-order valence-corrected chi connectivity index (χ2v) is 10.3. The van der Waals surface area contributed by atoms with Gasteiger partial charge in [-0.25, -0.2) is 0 Å². The van der Waals surface area contributed by atoms with Crippen LogP contribution in [0.4, 0.5) is 0 Å². The molecule has 0 aromatic carbocycles. The van der Waals surface area contributed by atoms with E-state index < -0.39 is 78.4 Å². The van der Waals surface area contributed by atoms with E-state index >= 15 is 0 Å². The first-order valence-electron chi connectivity index (χ1n) is 12.4. The molecule has 0 rings (SSSR count). The van der Waals surface area contributed by atoms with Crippen LogP contribution in [0.1, 0.15) is 60.3 Å². The summed E-state index contributed by atoms with van der Waals surface area (Å²) in [6, 6.07) is 0. The second kappa shape index (κ2) is 16.4. The highest BCUT2D eigenvalue weighted by molar-refractivity contribution is 4.87. The lowest BCUT2D eigenvalue weighted by Gasteiger charge is -2.35. The average Bonchev–Trinajstić information content (AvgIpc) is 2.79. The van der Waals surface area contributed by atoms with E-state index in [1.165, 1.54) is 0 Å². The van der Waals surface area contributed by atoms with Crippen LogP contribution < -0.4 is 0 Å². The van der Waals surface area contributed by atoms with Crippen LogP contribution >= 0.6 is 0 Å². The summed E-state index contributed by atoms with van der Waals surface area (Å²) in [5, 5.41) is 101. The van der Waals surface area contributed by atoms with Crippen molar-refractivity contribution < 1.29 is 51.1 Å². The molecule has 13 atom stereocenters. The van der Waals surface area contributed by atoms with E-state index in [1.807, 2.05) is 0 Å². The molecule has 0 fully saturated rings. The molecule has 34 heavy (non-hydrogen) atoms. The van der Waals surface area contributed by atoms with Crippen molar-refractivity contribution in [3.8, 4) is 0 Å². The highest BCUT2D eigenvalue weighted by atomic mass is 16.3. The van der Waals surface area contributed by atoms with E-state index in [-0.39, 0.29) is 38.9 Å². The highest BCUT2D eigenvalue weighted by Crippen LogP contribution is 2.28. The van der Waals surface area contributed by atoms with E-state index in [4.69, 9.17) is 5.11 Å². The minimum absolute atomic E-state index is 0.0186. The van der Waals surface area contributed by atoms with E-state index in [0.717, 1.165) is 0 Å². The first-order chi connectivity index (χ1) is 15.7. The lowest BCUT2D eigenvalue weighted by molar-refractivity contribution is -0.0873. The van der Waals surface area contributed by atoms with Crippen LogP contribution in [0.25, 0.3) is 0 Å². The monoisotopic (exact) mass is 498 g/mol. The average molecular weight is 499 g/mol. The highest BCUT2D eigenvalue weighted by Gasteiger charge is 2.37. The van der Waals surface area contributed by atoms with Crippen LogP contribution in [0.3, 0.4) is 0 Å². The molecule has 0 heterocycles. The van der Waals surface area contributed by atoms with Gasteiger partial charge in [-0.1, -0.05) is 34.6 Å². The van der Waals surface area contributed by atoms with Crippen LogP contribution in [0.5, 0.6) is 0 Å². The molecule has 0 aliphatic carbocycles. The zero-order chi connectivity index (χ0) is 26.7. The number of aliphatic hydroxyl groups excluding tert-OH is 10. The quantitative estimate of drug-likeness (QED) is 0.107. The van der Waals surface area contributed by atoms with Crippen molar-refractivity contribution in [1.82, 2.24) is 0 Å². The van der Waals surface area contributed by atoms with Gasteiger partial charge in [-0.15, -0.1) is 0 Å². The molecule has 0 aliphatic rings. The van der Waals surface area contributed by atoms with Gasteiger partial charge in [-0.3, -0.25) is 0 Å². The predicted molar refractivity (Wildman–Crippen MR) is 127 cm³/mol. The summed E-state index contributed by atoms with van der Waals surface area (Å²) < 4.78 is 0. The molecular weight excluding hydrogens is 448 g/mol. The first kappa shape index (κ1) is 33.6. The normalized spacial score (nSPS) is 24.1. The third-order valence-electron chi connectivity index (χ3n) is 7.39. The van der Waals surface area contributed by atoms with Crippen molar-refractivity contribution in [2.24, 2.45) is 29.6 Å². The summed E-state index contributed by atoms with van der Waals surface area (Å²) in [5.74, 6) is -3.22. The molecule has 0 radical (unpaired) electrons. The lowest BCUT2D eigenvalue weighted by Crippen LogP contribution is -2.44. The van der Waals surface area contributed by atoms with E-state index in [9.17, 15) is 46.0 Å². The molecule has 10 nitrogen and oxygen atoms in total. The molecule has 0 bridgehead atoms. The largest absolute Gasteiger partial charge is 0.396 e. The topological polar surface area (TPSA) is 202 Å². The zero-order valence-electron chi connectivity index (χ0n) is 21.2. The van der Waals surface area contributed by atoms with Crippen molar-refractivity contribution >= 4 is 0 Å². The molecule has 0 aromatic rings. The molecule has 0 aliphatic heterocycles. The zero-order valence-corrected chi connectivity index (χ0v) is 21.2. The Kier molecular flexibility index (Phi) is 16.2. The molecule has 10 heteroatoms. The molecule has 0 amide bonds. The maximum atomic E-state index is 10.6. The Morgan fingerprint density at radius 2 is 0.882 bits per heavy atom. The maximum absolute atomic E-state index is 10.6. The number of rotatable bonds is 18. The van der Waals surface area contributed by atoms with Gasteiger partial charge in [0.15, 0.2) is 0 Å². The van der Waals surface area contributed by atoms with Crippen molar-refractivity contribution in [1.29, 1.82) is 0 Å². The Morgan fingerprint density at radius 1 is 0.471 bits per heavy atom. The molecule has 10 N–H and O–H groups in total. The number of hydrogen-bond donors (Lipinski definition) is 10. The molecule has 0 aromatic heterocycles. The number of aliphatic hydroxyl groups is 10. The van der Waals surface area contributed by atoms with Crippen molar-refractivity contribution in [3.63, 3.8) is 0 Å². The fraction of sp³-hybridized carbons (Fsp3) is 1.00. The van der Waals surface area contributed by atoms with E-state index in [2.05, 4.69) is 0 Å². The smallest absolute Gasteiger partial charge is 0.0640 e. The van der Waals surface area contributed by atoms with Crippen LogP contribution in [0.15, 0.2) is 0 Å². The molecule has 13 unspecified atom stereocenters. The van der Waals surface area contributed by atoms with Crippen LogP contribution in [0.2, 0.25) is 0 Å². The summed E-state index contributed by atoms with van der Waals surface area (Å²) >= 11 is 0. The van der Waals surface area contributed by atoms with Gasteiger partial charge in [-0.05, 0) is 25.7 Å². The van der Waals surface area contributed by atoms with Gasteiger partial charge in [-0.2, -0.15) is 0 Å². The molecule has 0 spiro atoms. The van der Waals surface area contributed by atoms with Gasteiger partial charge in [0, 0.05) is 42.8 Å². The van der Waals surface area contributed by atoms with Crippen LogP contribution in [-0.2, 0) is 0 Å². The summed E-state index contributed by atoms with van der Waals surface area (Å²) in [4.78, 5) is 0. The third-order valence-corrected chi connectivity index (χ3v) is 7.39. The lowest BCUT2D eigenvalue weighted by atomic mass is 9.79. The van der Waals surface area contributed by atoms with Gasteiger partial charge < -0.3 is 51.1 Å². The fourth-order valence-corrected chi connectivity index (χ4v) is 4.32. The fourth-order valence-electron chi connectivity index (χ4n) is 4.32. The maximum Gasteiger partial charge on any atom is 0.0640 e. The Bertz CT molecular complexity index is 524. The summed E-state index contributed by atoms with van der Waals surface area (Å²) in [5.41, 5.74) is 0. The minimum Gasteiger partial charge on any atom is -0.396 e. The Balaban J connectivity index is 4.86. The predicted octanol–water partition coefficient (Wildman–Crippen LogP) is -1.40. The van der Waals surface area contributed by atoms with Gasteiger partial charge in [0.05, 0.1) is 48.8 Å². The SMILES string of the molecule is CC(CO)C(O)C(C)C(O)C(C)C(O)CC(O)C(C)C(O)C(C)C(O)CC(O)CC(O)CCO. The Hall–Kier alpha value is -0.400. The summed E-state index contributed by atoms with van der Waals surface area (Å²) in [7, 11) is 0. The Labute approximate surface area is 203 Å². The van der Waals surface area contributed by atoms with Crippen molar-refractivity contribution in [2.45, 2.75) is 109 Å². The van der Waals surface area contributed by atoms with Crippen LogP contribution in [0, 0.1) is 29.6 Å². The molecule has 0 saturated carbocycles. The molecular formula is C24H50O10. The summed E-state index contributed by atoms with van der Waals surface area (Å²) in [6.07, 6.45) is -8.68. The van der Waals surface area contributed by atoms with Crippen molar-refractivity contribution in [2.75, 3.05) is 13.2 Å². The van der Waals surface area contributed by atoms with Gasteiger partial charge in [0.25, 0.3) is 0 Å². The standard InChI is InChI=1S/C24H50O10/c1-12(11-26)22(32)16(5)24(34)15(4)21(31)10-20(30)14(3)23(33)13(2)19(29)9-18(28)8-17(27)6-7-25/h12-34H,6-11H2,1-5H3. The minimum atomic E-state index is -1.15. The third kappa shape index (κ3) is 10.7. The van der Waals surface area contributed by atoms with Crippen molar-refractivity contribution in [3.05, 3.63) is 0 Å². The van der Waals surface area contributed by atoms with Gasteiger partial charge in [0.2, 0.25) is 0 Å². The van der Waals surface area contributed by atoms with Gasteiger partial charge in [0.1, 0.15) is 0 Å². The van der Waals surface area contributed by atoms with E-state index in [0.29, 0.717) is 0 Å². The van der Waals surface area contributed by atoms with E-state index in [1.54, 1.807) is 34.6 Å².